The van der Waals surface area contributed by atoms with Gasteiger partial charge in [-0.05, 0) is 12.5 Å². The summed E-state index contributed by atoms with van der Waals surface area (Å²) in [5.74, 6) is 0. The third-order valence-corrected chi connectivity index (χ3v) is 5.25. The van der Waals surface area contributed by atoms with E-state index < -0.39 is 57.2 Å². The number of hydrogen-bond donors (Lipinski definition) is 5. The van der Waals surface area contributed by atoms with Gasteiger partial charge in [-0.2, -0.15) is 8.78 Å². The van der Waals surface area contributed by atoms with E-state index in [0.29, 0.717) is 5.56 Å². The molecule has 1 aromatic carbocycles. The van der Waals surface area contributed by atoms with Crippen LogP contribution in [0.15, 0.2) is 30.3 Å². The zero-order valence-corrected chi connectivity index (χ0v) is 16.0. The SMILES string of the molecule is CCOP(=O)(O)C(F)(F)C[C@@H](O)[C@@H](O)[C@@H](O)CNC(=O)OCc1ccccc1.[NaH]. The predicted octanol–water partition coefficient (Wildman–Crippen LogP) is 0.552. The first-order chi connectivity index (χ1) is 13.0. The van der Waals surface area contributed by atoms with E-state index in [2.05, 4.69) is 9.84 Å². The average molecular weight is 451 g/mol. The average Bonchev–Trinajstić information content (AvgIpc) is 2.64. The van der Waals surface area contributed by atoms with Crippen LogP contribution in [-0.2, 0) is 20.4 Å². The Kier molecular flexibility index (Phi) is 12.7. The maximum atomic E-state index is 13.8. The minimum absolute atomic E-state index is 0. The van der Waals surface area contributed by atoms with Crippen LogP contribution in [0.25, 0.3) is 0 Å². The van der Waals surface area contributed by atoms with E-state index in [0.717, 1.165) is 0 Å². The van der Waals surface area contributed by atoms with Crippen LogP contribution in [0.4, 0.5) is 13.6 Å². The third kappa shape index (κ3) is 9.37. The number of ether oxygens (including phenoxy) is 1. The second-order valence-corrected chi connectivity index (χ2v) is 7.83. The fourth-order valence-corrected chi connectivity index (χ4v) is 3.05. The molecule has 0 spiro atoms. The quantitative estimate of drug-likeness (QED) is 0.242. The Labute approximate surface area is 188 Å². The molecule has 29 heavy (non-hydrogen) atoms. The van der Waals surface area contributed by atoms with Gasteiger partial charge < -0.3 is 34.8 Å². The Balaban J connectivity index is 0.00000784. The Morgan fingerprint density at radius 1 is 1.21 bits per heavy atom. The Morgan fingerprint density at radius 3 is 2.34 bits per heavy atom. The fourth-order valence-electron chi connectivity index (χ4n) is 2.10. The van der Waals surface area contributed by atoms with Crippen molar-refractivity contribution < 1.29 is 47.6 Å². The normalized spacial score (nSPS) is 16.7. The summed E-state index contributed by atoms with van der Waals surface area (Å²) >= 11 is 0. The molecule has 1 rings (SSSR count). The number of nitrogens with one attached hydrogen (secondary N) is 1. The van der Waals surface area contributed by atoms with Crippen LogP contribution in [0.2, 0.25) is 0 Å². The van der Waals surface area contributed by atoms with Gasteiger partial charge in [0.2, 0.25) is 0 Å². The molecule has 1 unspecified atom stereocenters. The molecule has 13 heteroatoms. The molecule has 0 aromatic heterocycles. The molecule has 0 saturated carbocycles. The summed E-state index contributed by atoms with van der Waals surface area (Å²) in [4.78, 5) is 20.7. The number of carbonyl (C=O) groups excluding carboxylic acids is 1. The number of aliphatic hydroxyl groups excluding tert-OH is 3. The van der Waals surface area contributed by atoms with Crippen LogP contribution in [0, 0.1) is 0 Å². The van der Waals surface area contributed by atoms with E-state index in [-0.39, 0.29) is 36.2 Å². The van der Waals surface area contributed by atoms with Crippen LogP contribution in [0.1, 0.15) is 18.9 Å². The molecule has 0 aliphatic heterocycles. The summed E-state index contributed by atoms with van der Waals surface area (Å²) in [5, 5.41) is 31.2. The molecule has 0 aliphatic rings. The van der Waals surface area contributed by atoms with Crippen molar-refractivity contribution in [3.63, 3.8) is 0 Å². The molecule has 0 radical (unpaired) electrons. The summed E-state index contributed by atoms with van der Waals surface area (Å²) in [6.45, 7) is 0.110. The molecule has 0 fully saturated rings. The van der Waals surface area contributed by atoms with E-state index in [1.54, 1.807) is 30.3 Å². The van der Waals surface area contributed by atoms with Gasteiger partial charge in [0.15, 0.2) is 0 Å². The van der Waals surface area contributed by atoms with E-state index >= 15 is 0 Å². The van der Waals surface area contributed by atoms with Crippen LogP contribution in [0.5, 0.6) is 0 Å². The molecular weight excluding hydrogens is 426 g/mol. The van der Waals surface area contributed by atoms with Gasteiger partial charge in [0.25, 0.3) is 0 Å². The molecule has 5 N–H and O–H groups in total. The van der Waals surface area contributed by atoms with Crippen molar-refractivity contribution in [3.05, 3.63) is 35.9 Å². The zero-order valence-electron chi connectivity index (χ0n) is 15.1. The minimum atomic E-state index is -5.36. The number of hydrogen-bond acceptors (Lipinski definition) is 7. The molecule has 0 heterocycles. The van der Waals surface area contributed by atoms with Gasteiger partial charge in [0.1, 0.15) is 12.7 Å². The molecule has 1 aromatic rings. The van der Waals surface area contributed by atoms with Crippen molar-refractivity contribution in [2.45, 2.75) is 43.9 Å². The van der Waals surface area contributed by atoms with Crippen LogP contribution in [0.3, 0.4) is 0 Å². The Bertz CT molecular complexity index is 670. The van der Waals surface area contributed by atoms with Crippen molar-refractivity contribution in [2.75, 3.05) is 13.2 Å². The second kappa shape index (κ2) is 12.9. The molecule has 0 aliphatic carbocycles. The van der Waals surface area contributed by atoms with Crippen molar-refractivity contribution in [1.82, 2.24) is 5.32 Å². The number of benzene rings is 1. The summed E-state index contributed by atoms with van der Waals surface area (Å²) in [6, 6.07) is 8.69. The zero-order chi connectivity index (χ0) is 21.4. The van der Waals surface area contributed by atoms with Crippen molar-refractivity contribution in [1.29, 1.82) is 0 Å². The van der Waals surface area contributed by atoms with Crippen molar-refractivity contribution >= 4 is 43.2 Å². The number of aliphatic hydroxyl groups is 3. The van der Waals surface area contributed by atoms with Gasteiger partial charge in [0.05, 0.1) is 25.2 Å². The summed E-state index contributed by atoms with van der Waals surface area (Å²) in [7, 11) is -5.36. The number of amides is 1. The molecule has 162 valence electrons. The Hall–Kier alpha value is -0.620. The molecule has 9 nitrogen and oxygen atoms in total. The van der Waals surface area contributed by atoms with E-state index in [9.17, 15) is 38.4 Å². The first-order valence-electron chi connectivity index (χ1n) is 8.34. The van der Waals surface area contributed by atoms with Gasteiger partial charge in [-0.3, -0.25) is 4.57 Å². The van der Waals surface area contributed by atoms with Gasteiger partial charge in [-0.1, -0.05) is 30.3 Å². The number of alkyl halides is 2. The van der Waals surface area contributed by atoms with Gasteiger partial charge in [0, 0.05) is 6.54 Å². The number of rotatable bonds is 11. The Morgan fingerprint density at radius 2 is 1.79 bits per heavy atom. The van der Waals surface area contributed by atoms with Crippen LogP contribution >= 0.6 is 7.60 Å². The van der Waals surface area contributed by atoms with Gasteiger partial charge in [-0.25, -0.2) is 4.79 Å². The predicted molar refractivity (Wildman–Crippen MR) is 101 cm³/mol. The molecule has 1 amide bonds. The first-order valence-corrected chi connectivity index (χ1v) is 9.92. The molecule has 0 bridgehead atoms. The third-order valence-electron chi connectivity index (χ3n) is 3.63. The van der Waals surface area contributed by atoms with Gasteiger partial charge >= 0.3 is 48.9 Å². The number of carbonyl (C=O) groups is 1. The van der Waals surface area contributed by atoms with E-state index in [4.69, 9.17) is 4.74 Å². The molecule has 4 atom stereocenters. The van der Waals surface area contributed by atoms with E-state index in [1.165, 1.54) is 6.92 Å². The maximum absolute atomic E-state index is 13.8. The summed E-state index contributed by atoms with van der Waals surface area (Å²) < 4.78 is 47.9. The monoisotopic (exact) mass is 451 g/mol. The van der Waals surface area contributed by atoms with Gasteiger partial charge in [-0.15, -0.1) is 0 Å². The second-order valence-electron chi connectivity index (χ2n) is 5.88. The summed E-state index contributed by atoms with van der Waals surface area (Å²) in [6.07, 6.45) is -8.78. The topological polar surface area (TPSA) is 146 Å². The first kappa shape index (κ1) is 28.4. The summed E-state index contributed by atoms with van der Waals surface area (Å²) in [5.41, 5.74) is -3.64. The van der Waals surface area contributed by atoms with Crippen LogP contribution < -0.4 is 5.32 Å². The number of alkyl carbamates (subject to hydrolysis) is 1. The van der Waals surface area contributed by atoms with Crippen molar-refractivity contribution in [3.8, 4) is 0 Å². The van der Waals surface area contributed by atoms with E-state index in [1.807, 2.05) is 0 Å². The molecule has 0 saturated heterocycles. The molecular formula is C16H25F2NNaO8P. The standard InChI is InChI=1S/C16H24F2NO8P.Na.H/c1-2-27-28(24,25)16(17,18)8-12(20)14(22)13(21)9-19-15(23)26-10-11-6-4-3-5-7-11;;/h3-7,12-14,20-22H,2,8-10H2,1H3,(H,19,23)(H,24,25);;/t12-,13+,14-;;/m1../s1. The van der Waals surface area contributed by atoms with Crippen molar-refractivity contribution in [2.24, 2.45) is 0 Å². The number of halogens is 2. The van der Waals surface area contributed by atoms with Crippen LogP contribution in [-0.4, -0.2) is 93.0 Å². The fraction of sp³-hybridized carbons (Fsp3) is 0.562.